The van der Waals surface area contributed by atoms with E-state index in [2.05, 4.69) is 0 Å². The van der Waals surface area contributed by atoms with E-state index in [-0.39, 0.29) is 22.7 Å². The highest BCUT2D eigenvalue weighted by Gasteiger charge is 2.13. The molecular formula is C17H17ClFN3O3. The molecule has 0 N–H and O–H groups in total. The zero-order valence-corrected chi connectivity index (χ0v) is 14.7. The van der Waals surface area contributed by atoms with Crippen molar-refractivity contribution < 1.29 is 9.18 Å². The van der Waals surface area contributed by atoms with E-state index in [0.29, 0.717) is 0 Å². The zero-order valence-electron chi connectivity index (χ0n) is 14.0. The van der Waals surface area contributed by atoms with Crippen molar-refractivity contribution in [3.63, 3.8) is 0 Å². The number of aryl methyl sites for hydroxylation is 1. The fourth-order valence-electron chi connectivity index (χ4n) is 2.24. The molecule has 0 fully saturated rings. The number of nitrogens with zero attached hydrogens (tertiary/aromatic N) is 3. The van der Waals surface area contributed by atoms with Crippen LogP contribution in [0, 0.1) is 5.82 Å². The Bertz CT molecular complexity index is 942. The Morgan fingerprint density at radius 3 is 2.64 bits per heavy atom. The molecule has 0 unspecified atom stereocenters. The van der Waals surface area contributed by atoms with Crippen LogP contribution < -0.4 is 11.2 Å². The maximum absolute atomic E-state index is 13.8. The zero-order chi connectivity index (χ0) is 18.7. The molecule has 0 radical (unpaired) electrons. The Labute approximate surface area is 148 Å². The molecular weight excluding hydrogens is 349 g/mol. The minimum atomic E-state index is -0.507. The van der Waals surface area contributed by atoms with E-state index in [4.69, 9.17) is 11.6 Å². The number of hydrogen-bond acceptors (Lipinski definition) is 3. The van der Waals surface area contributed by atoms with Crippen LogP contribution in [0.2, 0.25) is 5.02 Å². The summed E-state index contributed by atoms with van der Waals surface area (Å²) in [5.41, 5.74) is -0.562. The molecule has 0 atom stereocenters. The maximum atomic E-state index is 13.8. The number of likely N-dealkylation sites (N-methyl/N-ethyl adjacent to an activating group) is 1. The molecule has 8 heteroatoms. The summed E-state index contributed by atoms with van der Waals surface area (Å²) in [6.07, 6.45) is 3.86. The average Bonchev–Trinajstić information content (AvgIpc) is 2.57. The van der Waals surface area contributed by atoms with Crippen molar-refractivity contribution in [3.05, 3.63) is 73.3 Å². The van der Waals surface area contributed by atoms with Crippen molar-refractivity contribution in [2.45, 2.75) is 6.54 Å². The van der Waals surface area contributed by atoms with Crippen molar-refractivity contribution >= 4 is 23.6 Å². The molecule has 0 aliphatic carbocycles. The van der Waals surface area contributed by atoms with Crippen LogP contribution in [0.4, 0.5) is 4.39 Å². The number of aromatic nitrogens is 2. The van der Waals surface area contributed by atoms with Gasteiger partial charge in [0.05, 0.1) is 5.56 Å². The lowest BCUT2D eigenvalue weighted by Gasteiger charge is -2.16. The van der Waals surface area contributed by atoms with Crippen LogP contribution in [0.25, 0.3) is 6.08 Å². The third-order valence-corrected chi connectivity index (χ3v) is 4.07. The first-order valence-corrected chi connectivity index (χ1v) is 7.73. The molecule has 25 heavy (non-hydrogen) atoms. The predicted molar refractivity (Wildman–Crippen MR) is 93.8 cm³/mol. The summed E-state index contributed by atoms with van der Waals surface area (Å²) < 4.78 is 16.0. The lowest BCUT2D eigenvalue weighted by Crippen LogP contribution is -2.37. The molecule has 1 heterocycles. The fraction of sp³-hybridized carbons (Fsp3) is 0.235. The Kier molecular flexibility index (Phi) is 5.58. The summed E-state index contributed by atoms with van der Waals surface area (Å²) in [5, 5.41) is 0.232. The third kappa shape index (κ3) is 4.06. The number of carbonyl (C=O) groups is 1. The van der Waals surface area contributed by atoms with E-state index in [1.54, 1.807) is 6.07 Å². The van der Waals surface area contributed by atoms with Crippen LogP contribution in [-0.2, 0) is 25.4 Å². The van der Waals surface area contributed by atoms with Crippen molar-refractivity contribution in [2.24, 2.45) is 14.1 Å². The van der Waals surface area contributed by atoms with Gasteiger partial charge in [0, 0.05) is 50.5 Å². The van der Waals surface area contributed by atoms with Gasteiger partial charge >= 0.3 is 5.69 Å². The van der Waals surface area contributed by atoms with Crippen molar-refractivity contribution in [3.8, 4) is 0 Å². The summed E-state index contributed by atoms with van der Waals surface area (Å²) in [7, 11) is 4.36. The molecule has 0 saturated heterocycles. The summed E-state index contributed by atoms with van der Waals surface area (Å²) in [6.45, 7) is -0.0139. The topological polar surface area (TPSA) is 64.3 Å². The number of amides is 1. The Hall–Kier alpha value is -2.67. The first kappa shape index (κ1) is 18.7. The highest BCUT2D eigenvalue weighted by atomic mass is 35.5. The van der Waals surface area contributed by atoms with Crippen LogP contribution in [0.3, 0.4) is 0 Å². The van der Waals surface area contributed by atoms with E-state index in [0.717, 1.165) is 4.57 Å². The van der Waals surface area contributed by atoms with Gasteiger partial charge in [-0.15, -0.1) is 0 Å². The predicted octanol–water partition coefficient (Wildman–Crippen LogP) is 1.55. The molecule has 0 saturated carbocycles. The van der Waals surface area contributed by atoms with Crippen LogP contribution >= 0.6 is 11.6 Å². The van der Waals surface area contributed by atoms with Gasteiger partial charge in [-0.3, -0.25) is 14.2 Å². The van der Waals surface area contributed by atoms with Gasteiger partial charge in [0.15, 0.2) is 0 Å². The normalized spacial score (nSPS) is 11.1. The van der Waals surface area contributed by atoms with Crippen LogP contribution in [0.1, 0.15) is 11.1 Å². The molecule has 0 bridgehead atoms. The van der Waals surface area contributed by atoms with Gasteiger partial charge in [0.2, 0.25) is 5.91 Å². The minimum Gasteiger partial charge on any atom is -0.338 e. The summed E-state index contributed by atoms with van der Waals surface area (Å²) in [6, 6.07) is 4.30. The Morgan fingerprint density at radius 1 is 1.32 bits per heavy atom. The SMILES string of the molecule is CN(Cc1c(F)cccc1Cl)C(=O)/C=C/c1cn(C)c(=O)n(C)c1=O. The molecule has 0 aliphatic rings. The number of halogens is 2. The van der Waals surface area contributed by atoms with Gasteiger partial charge in [-0.2, -0.15) is 0 Å². The quantitative estimate of drug-likeness (QED) is 0.772. The molecule has 2 aromatic rings. The Balaban J connectivity index is 2.21. The molecule has 132 valence electrons. The number of benzene rings is 1. The second-order valence-electron chi connectivity index (χ2n) is 5.57. The lowest BCUT2D eigenvalue weighted by atomic mass is 10.2. The van der Waals surface area contributed by atoms with E-state index in [1.165, 1.54) is 61.1 Å². The highest BCUT2D eigenvalue weighted by molar-refractivity contribution is 6.31. The number of carbonyl (C=O) groups excluding carboxylic acids is 1. The van der Waals surface area contributed by atoms with Crippen molar-refractivity contribution in [2.75, 3.05) is 7.05 Å². The highest BCUT2D eigenvalue weighted by Crippen LogP contribution is 2.20. The molecule has 6 nitrogen and oxygen atoms in total. The third-order valence-electron chi connectivity index (χ3n) is 3.71. The van der Waals surface area contributed by atoms with Gasteiger partial charge in [-0.1, -0.05) is 17.7 Å². The standard InChI is InChI=1S/C17H17ClFN3O3/c1-20(10-12-13(18)5-4-6-14(12)19)15(23)8-7-11-9-21(2)17(25)22(3)16(11)24/h4-9H,10H2,1-3H3/b8-7+. The number of hydrogen-bond donors (Lipinski definition) is 0. The van der Waals surface area contributed by atoms with Gasteiger partial charge in [0.1, 0.15) is 5.82 Å². The smallest absolute Gasteiger partial charge is 0.330 e. The lowest BCUT2D eigenvalue weighted by molar-refractivity contribution is -0.125. The summed E-state index contributed by atoms with van der Waals surface area (Å²) >= 11 is 5.95. The molecule has 0 spiro atoms. The van der Waals surface area contributed by atoms with Crippen LogP contribution in [-0.4, -0.2) is 27.0 Å². The molecule has 1 aromatic carbocycles. The van der Waals surface area contributed by atoms with Crippen molar-refractivity contribution in [1.82, 2.24) is 14.0 Å². The van der Waals surface area contributed by atoms with Gasteiger partial charge in [-0.25, -0.2) is 9.18 Å². The second-order valence-corrected chi connectivity index (χ2v) is 5.98. The Morgan fingerprint density at radius 2 is 2.00 bits per heavy atom. The van der Waals surface area contributed by atoms with Crippen LogP contribution in [0.15, 0.2) is 40.1 Å². The van der Waals surface area contributed by atoms with Gasteiger partial charge < -0.3 is 9.47 Å². The minimum absolute atomic E-state index is 0.0139. The first-order chi connectivity index (χ1) is 11.7. The van der Waals surface area contributed by atoms with Crippen LogP contribution in [0.5, 0.6) is 0 Å². The average molecular weight is 366 g/mol. The fourth-order valence-corrected chi connectivity index (χ4v) is 2.46. The second kappa shape index (κ2) is 7.48. The number of rotatable bonds is 4. The molecule has 0 aliphatic heterocycles. The maximum Gasteiger partial charge on any atom is 0.330 e. The molecule has 1 amide bonds. The summed E-state index contributed by atoms with van der Waals surface area (Å²) in [4.78, 5) is 37.1. The molecule has 1 aromatic heterocycles. The van der Waals surface area contributed by atoms with Gasteiger partial charge in [-0.05, 0) is 18.2 Å². The van der Waals surface area contributed by atoms with Gasteiger partial charge in [0.25, 0.3) is 5.56 Å². The monoisotopic (exact) mass is 365 g/mol. The van der Waals surface area contributed by atoms with E-state index >= 15 is 0 Å². The molecule has 2 rings (SSSR count). The van der Waals surface area contributed by atoms with E-state index < -0.39 is 23.0 Å². The van der Waals surface area contributed by atoms with E-state index in [9.17, 15) is 18.8 Å². The van der Waals surface area contributed by atoms with E-state index in [1.807, 2.05) is 0 Å². The largest absolute Gasteiger partial charge is 0.338 e. The first-order valence-electron chi connectivity index (χ1n) is 7.35. The summed E-state index contributed by atoms with van der Waals surface area (Å²) in [5.74, 6) is -0.932. The van der Waals surface area contributed by atoms with Crippen molar-refractivity contribution in [1.29, 1.82) is 0 Å².